The Morgan fingerprint density at radius 3 is 2.74 bits per heavy atom. The largest absolute Gasteiger partial charge is 0.497 e. The highest BCUT2D eigenvalue weighted by Crippen LogP contribution is 2.48. The highest BCUT2D eigenvalue weighted by molar-refractivity contribution is 6.30. The van der Waals surface area contributed by atoms with Gasteiger partial charge in [0.25, 0.3) is 0 Å². The Balaban J connectivity index is 1.57. The van der Waals surface area contributed by atoms with E-state index < -0.39 is 6.23 Å². The molecule has 2 atom stereocenters. The van der Waals surface area contributed by atoms with Crippen molar-refractivity contribution in [3.8, 4) is 11.5 Å². The number of fused-ring (bicyclic) bond motifs is 3. The lowest BCUT2D eigenvalue weighted by Crippen LogP contribution is -2.33. The first kappa shape index (κ1) is 16.3. The van der Waals surface area contributed by atoms with Crippen LogP contribution in [0.3, 0.4) is 0 Å². The van der Waals surface area contributed by atoms with Crippen LogP contribution in [-0.2, 0) is 0 Å². The number of methoxy groups -OCH3 is 1. The van der Waals surface area contributed by atoms with Crippen LogP contribution in [-0.4, -0.2) is 17.8 Å². The zero-order valence-corrected chi connectivity index (χ0v) is 15.4. The fraction of sp³-hybridized carbons (Fsp3) is 0.190. The standard InChI is InChI=1S/C21H17ClN2O3/c1-25-15-7-4-13(5-8-15)17-12-18-16-11-14(22)6-9-19(16)27-21(24(18)23-17)20-3-2-10-26-20/h2-11,18,21H,12H2,1H3/t18-,21-/m1/s1. The summed E-state index contributed by atoms with van der Waals surface area (Å²) in [4.78, 5) is 0. The van der Waals surface area contributed by atoms with Crippen molar-refractivity contribution < 1.29 is 13.9 Å². The molecule has 2 aliphatic rings. The van der Waals surface area contributed by atoms with Crippen LogP contribution in [0.25, 0.3) is 0 Å². The Bertz CT molecular complexity index is 999. The van der Waals surface area contributed by atoms with Gasteiger partial charge in [0.15, 0.2) is 5.76 Å². The predicted molar refractivity (Wildman–Crippen MR) is 102 cm³/mol. The van der Waals surface area contributed by atoms with Crippen LogP contribution in [0, 0.1) is 0 Å². The van der Waals surface area contributed by atoms with Crippen LogP contribution in [0.2, 0.25) is 5.02 Å². The molecule has 1 aromatic heterocycles. The third-order valence-corrected chi connectivity index (χ3v) is 5.20. The predicted octanol–water partition coefficient (Wildman–Crippen LogP) is 5.18. The molecule has 0 amide bonds. The van der Waals surface area contributed by atoms with E-state index in [0.717, 1.165) is 40.5 Å². The van der Waals surface area contributed by atoms with E-state index in [1.165, 1.54) is 0 Å². The molecular weight excluding hydrogens is 364 g/mol. The zero-order chi connectivity index (χ0) is 18.4. The van der Waals surface area contributed by atoms with Crippen molar-refractivity contribution in [2.45, 2.75) is 18.7 Å². The molecule has 0 unspecified atom stereocenters. The molecule has 0 saturated carbocycles. The topological polar surface area (TPSA) is 47.2 Å². The second kappa shape index (κ2) is 6.35. The van der Waals surface area contributed by atoms with Gasteiger partial charge >= 0.3 is 0 Å². The molecule has 3 aromatic rings. The second-order valence-electron chi connectivity index (χ2n) is 6.54. The molecule has 6 heteroatoms. The molecule has 27 heavy (non-hydrogen) atoms. The van der Waals surface area contributed by atoms with Crippen LogP contribution in [0.1, 0.15) is 35.6 Å². The summed E-state index contributed by atoms with van der Waals surface area (Å²) in [6, 6.07) is 17.5. The average molecular weight is 381 g/mol. The number of furan rings is 1. The molecule has 0 aliphatic carbocycles. The lowest BCUT2D eigenvalue weighted by Gasteiger charge is -2.36. The second-order valence-corrected chi connectivity index (χ2v) is 6.98. The smallest absolute Gasteiger partial charge is 0.246 e. The molecule has 5 nitrogen and oxygen atoms in total. The van der Waals surface area contributed by atoms with Crippen LogP contribution in [0.15, 0.2) is 70.4 Å². The maximum Gasteiger partial charge on any atom is 0.246 e. The normalized spacial score (nSPS) is 20.5. The Morgan fingerprint density at radius 2 is 2.00 bits per heavy atom. The van der Waals surface area contributed by atoms with Crippen LogP contribution < -0.4 is 9.47 Å². The van der Waals surface area contributed by atoms with Gasteiger partial charge in [-0.05, 0) is 60.2 Å². The van der Waals surface area contributed by atoms with Gasteiger partial charge in [-0.15, -0.1) is 0 Å². The summed E-state index contributed by atoms with van der Waals surface area (Å²) in [5, 5.41) is 7.54. The molecule has 0 spiro atoms. The molecule has 3 heterocycles. The van der Waals surface area contributed by atoms with Crippen LogP contribution in [0.5, 0.6) is 11.5 Å². The summed E-state index contributed by atoms with van der Waals surface area (Å²) in [5.41, 5.74) is 3.10. The van der Waals surface area contributed by atoms with Crippen molar-refractivity contribution in [1.82, 2.24) is 5.01 Å². The Morgan fingerprint density at radius 1 is 1.15 bits per heavy atom. The van der Waals surface area contributed by atoms with Gasteiger partial charge in [-0.3, -0.25) is 0 Å². The molecule has 0 bridgehead atoms. The molecule has 2 aromatic carbocycles. The third-order valence-electron chi connectivity index (χ3n) is 4.96. The number of ether oxygens (including phenoxy) is 2. The quantitative estimate of drug-likeness (QED) is 0.627. The monoisotopic (exact) mass is 380 g/mol. The number of hydrogen-bond donors (Lipinski definition) is 0. The fourth-order valence-electron chi connectivity index (χ4n) is 3.64. The Hall–Kier alpha value is -2.92. The van der Waals surface area contributed by atoms with E-state index in [4.69, 9.17) is 30.6 Å². The van der Waals surface area contributed by atoms with Crippen molar-refractivity contribution in [3.63, 3.8) is 0 Å². The number of halogens is 1. The van der Waals surface area contributed by atoms with Gasteiger partial charge in [0, 0.05) is 17.0 Å². The first-order chi connectivity index (χ1) is 13.2. The number of benzene rings is 2. The molecule has 2 aliphatic heterocycles. The van der Waals surface area contributed by atoms with Crippen LogP contribution >= 0.6 is 11.6 Å². The first-order valence-corrected chi connectivity index (χ1v) is 9.10. The van der Waals surface area contributed by atoms with Gasteiger partial charge in [0.1, 0.15) is 11.5 Å². The molecule has 0 radical (unpaired) electrons. The Kier molecular flexibility index (Phi) is 3.83. The zero-order valence-electron chi connectivity index (χ0n) is 14.6. The van der Waals surface area contributed by atoms with E-state index in [-0.39, 0.29) is 6.04 Å². The molecule has 136 valence electrons. The minimum absolute atomic E-state index is 0.0413. The number of hydrogen-bond acceptors (Lipinski definition) is 5. The van der Waals surface area contributed by atoms with Gasteiger partial charge in [-0.2, -0.15) is 5.10 Å². The highest BCUT2D eigenvalue weighted by Gasteiger charge is 2.42. The van der Waals surface area contributed by atoms with Gasteiger partial charge in [0.2, 0.25) is 6.23 Å². The van der Waals surface area contributed by atoms with E-state index in [0.29, 0.717) is 5.02 Å². The molecular formula is C21H17ClN2O3. The molecule has 5 rings (SSSR count). The SMILES string of the molecule is COc1ccc(C2=NN3[C@H](C2)c2cc(Cl)ccc2O[C@@H]3c2ccco2)cc1. The maximum absolute atomic E-state index is 6.25. The van der Waals surface area contributed by atoms with E-state index in [1.54, 1.807) is 13.4 Å². The molecule has 0 fully saturated rings. The van der Waals surface area contributed by atoms with Crippen molar-refractivity contribution in [2.24, 2.45) is 5.10 Å². The summed E-state index contributed by atoms with van der Waals surface area (Å²) in [5.74, 6) is 2.36. The lowest BCUT2D eigenvalue weighted by molar-refractivity contribution is -0.0325. The maximum atomic E-state index is 6.25. The summed E-state index contributed by atoms with van der Waals surface area (Å²) in [6.45, 7) is 0. The van der Waals surface area contributed by atoms with E-state index in [9.17, 15) is 0 Å². The van der Waals surface area contributed by atoms with Gasteiger partial charge in [-0.25, -0.2) is 5.01 Å². The Labute approximate surface area is 161 Å². The molecule has 0 N–H and O–H groups in total. The first-order valence-electron chi connectivity index (χ1n) is 8.72. The number of hydrazone groups is 1. The summed E-state index contributed by atoms with van der Waals surface area (Å²) in [6.07, 6.45) is 2.00. The summed E-state index contributed by atoms with van der Waals surface area (Å²) < 4.78 is 17.1. The van der Waals surface area contributed by atoms with Gasteiger partial charge < -0.3 is 13.9 Å². The number of nitrogens with zero attached hydrogens (tertiary/aromatic N) is 2. The summed E-state index contributed by atoms with van der Waals surface area (Å²) in [7, 11) is 1.66. The lowest BCUT2D eigenvalue weighted by atomic mass is 9.96. The van der Waals surface area contributed by atoms with Gasteiger partial charge in [0.05, 0.1) is 25.1 Å². The van der Waals surface area contributed by atoms with Crippen LogP contribution in [0.4, 0.5) is 0 Å². The number of rotatable bonds is 3. The van der Waals surface area contributed by atoms with Crippen molar-refractivity contribution in [1.29, 1.82) is 0 Å². The van der Waals surface area contributed by atoms with Crippen molar-refractivity contribution in [3.05, 3.63) is 82.8 Å². The third kappa shape index (κ3) is 2.75. The highest BCUT2D eigenvalue weighted by atomic mass is 35.5. The van der Waals surface area contributed by atoms with Gasteiger partial charge in [-0.1, -0.05) is 11.6 Å². The van der Waals surface area contributed by atoms with E-state index in [1.807, 2.05) is 59.6 Å². The van der Waals surface area contributed by atoms with E-state index >= 15 is 0 Å². The minimum atomic E-state index is -0.408. The minimum Gasteiger partial charge on any atom is -0.497 e. The van der Waals surface area contributed by atoms with E-state index in [2.05, 4.69) is 0 Å². The van der Waals surface area contributed by atoms with Crippen molar-refractivity contribution >= 4 is 17.3 Å². The van der Waals surface area contributed by atoms with Crippen molar-refractivity contribution in [2.75, 3.05) is 7.11 Å². The fourth-order valence-corrected chi connectivity index (χ4v) is 3.82. The summed E-state index contributed by atoms with van der Waals surface area (Å²) >= 11 is 6.25. The molecule has 0 saturated heterocycles. The average Bonchev–Trinajstić information content (AvgIpc) is 3.38.